The van der Waals surface area contributed by atoms with Crippen LogP contribution in [0.3, 0.4) is 0 Å². The van der Waals surface area contributed by atoms with Gasteiger partial charge in [-0.05, 0) is 74.4 Å². The highest BCUT2D eigenvalue weighted by molar-refractivity contribution is 5.95. The average Bonchev–Trinajstić information content (AvgIpc) is 3.29. The predicted octanol–water partition coefficient (Wildman–Crippen LogP) is 3.58. The minimum atomic E-state index is -0.253. The summed E-state index contributed by atoms with van der Waals surface area (Å²) in [6, 6.07) is 17.7. The molecular weight excluding hydrogens is 402 g/mol. The second kappa shape index (κ2) is 10.6. The van der Waals surface area contributed by atoms with E-state index < -0.39 is 0 Å². The van der Waals surface area contributed by atoms with Crippen molar-refractivity contribution in [1.82, 2.24) is 9.80 Å². The van der Waals surface area contributed by atoms with Gasteiger partial charge in [-0.3, -0.25) is 14.5 Å². The third-order valence-corrected chi connectivity index (χ3v) is 6.70. The van der Waals surface area contributed by atoms with E-state index in [0.717, 1.165) is 63.2 Å². The highest BCUT2D eigenvalue weighted by Crippen LogP contribution is 2.24. The highest BCUT2D eigenvalue weighted by Gasteiger charge is 2.33. The van der Waals surface area contributed by atoms with Gasteiger partial charge in [0.25, 0.3) is 0 Å². The van der Waals surface area contributed by atoms with Crippen molar-refractivity contribution in [1.29, 1.82) is 0 Å². The first-order chi connectivity index (χ1) is 15.6. The van der Waals surface area contributed by atoms with E-state index in [9.17, 15) is 9.59 Å². The predicted molar refractivity (Wildman–Crippen MR) is 126 cm³/mol. The Balaban J connectivity index is 1.25. The fourth-order valence-electron chi connectivity index (χ4n) is 4.82. The summed E-state index contributed by atoms with van der Waals surface area (Å²) in [5.41, 5.74) is 2.12. The zero-order valence-corrected chi connectivity index (χ0v) is 18.8. The van der Waals surface area contributed by atoms with Crippen molar-refractivity contribution in [2.45, 2.75) is 38.1 Å². The summed E-state index contributed by atoms with van der Waals surface area (Å²) in [6.07, 6.45) is 4.90. The molecule has 6 heteroatoms. The largest absolute Gasteiger partial charge is 0.497 e. The Morgan fingerprint density at radius 3 is 2.38 bits per heavy atom. The zero-order valence-electron chi connectivity index (χ0n) is 18.8. The molecular formula is C26H33N3O3. The van der Waals surface area contributed by atoms with Gasteiger partial charge in [-0.25, -0.2) is 0 Å². The van der Waals surface area contributed by atoms with Crippen LogP contribution in [0.1, 0.15) is 31.2 Å². The van der Waals surface area contributed by atoms with Crippen LogP contribution in [0.4, 0.5) is 5.69 Å². The van der Waals surface area contributed by atoms with E-state index in [-0.39, 0.29) is 17.9 Å². The number of benzene rings is 2. The van der Waals surface area contributed by atoms with Gasteiger partial charge in [-0.2, -0.15) is 0 Å². The number of nitrogens with zero attached hydrogens (tertiary/aromatic N) is 2. The molecule has 2 aliphatic rings. The van der Waals surface area contributed by atoms with Crippen molar-refractivity contribution in [3.8, 4) is 5.75 Å². The van der Waals surface area contributed by atoms with Crippen LogP contribution in [0.15, 0.2) is 54.6 Å². The van der Waals surface area contributed by atoms with Crippen LogP contribution < -0.4 is 10.1 Å². The molecule has 1 atom stereocenters. The van der Waals surface area contributed by atoms with Crippen molar-refractivity contribution >= 4 is 17.5 Å². The van der Waals surface area contributed by atoms with Crippen LogP contribution in [0.25, 0.3) is 0 Å². The lowest BCUT2D eigenvalue weighted by Crippen LogP contribution is -2.48. The van der Waals surface area contributed by atoms with Crippen LogP contribution in [-0.2, 0) is 16.0 Å². The zero-order chi connectivity index (χ0) is 22.3. The molecule has 2 aliphatic heterocycles. The molecule has 32 heavy (non-hydrogen) atoms. The topological polar surface area (TPSA) is 61.9 Å². The van der Waals surface area contributed by atoms with Gasteiger partial charge >= 0.3 is 0 Å². The van der Waals surface area contributed by atoms with E-state index in [0.29, 0.717) is 12.5 Å². The van der Waals surface area contributed by atoms with Gasteiger partial charge in [0.05, 0.1) is 19.7 Å². The molecule has 0 aromatic heterocycles. The summed E-state index contributed by atoms with van der Waals surface area (Å²) in [5.74, 6) is 1.49. The number of likely N-dealkylation sites (tertiary alicyclic amines) is 2. The number of methoxy groups -OCH3 is 1. The van der Waals surface area contributed by atoms with Crippen LogP contribution in [0, 0.1) is 5.92 Å². The molecule has 2 saturated heterocycles. The van der Waals surface area contributed by atoms with E-state index in [2.05, 4.69) is 29.6 Å². The molecule has 2 fully saturated rings. The lowest BCUT2D eigenvalue weighted by molar-refractivity contribution is -0.134. The Kier molecular flexibility index (Phi) is 7.43. The van der Waals surface area contributed by atoms with E-state index >= 15 is 0 Å². The molecule has 0 aliphatic carbocycles. The van der Waals surface area contributed by atoms with Gasteiger partial charge < -0.3 is 15.0 Å². The molecule has 0 bridgehead atoms. The van der Waals surface area contributed by atoms with Crippen molar-refractivity contribution in [3.05, 3.63) is 60.2 Å². The smallest absolute Gasteiger partial charge is 0.241 e. The highest BCUT2D eigenvalue weighted by atomic mass is 16.5. The first-order valence-electron chi connectivity index (χ1n) is 11.6. The van der Waals surface area contributed by atoms with Gasteiger partial charge in [0, 0.05) is 18.8 Å². The Bertz CT molecular complexity index is 892. The van der Waals surface area contributed by atoms with E-state index in [1.54, 1.807) is 7.11 Å². The first-order valence-corrected chi connectivity index (χ1v) is 11.6. The second-order valence-corrected chi connectivity index (χ2v) is 8.86. The molecule has 170 valence electrons. The maximum atomic E-state index is 13.0. The Morgan fingerprint density at radius 1 is 0.969 bits per heavy atom. The molecule has 2 aromatic rings. The number of anilines is 1. The summed E-state index contributed by atoms with van der Waals surface area (Å²) >= 11 is 0. The molecule has 2 amide bonds. The summed E-state index contributed by atoms with van der Waals surface area (Å²) < 4.78 is 5.17. The molecule has 6 nitrogen and oxygen atoms in total. The molecule has 2 heterocycles. The van der Waals surface area contributed by atoms with E-state index in [1.165, 1.54) is 5.56 Å². The number of hydrogen-bond acceptors (Lipinski definition) is 4. The van der Waals surface area contributed by atoms with Crippen LogP contribution >= 0.6 is 0 Å². The fraction of sp³-hybridized carbons (Fsp3) is 0.462. The molecule has 2 aromatic carbocycles. The third kappa shape index (κ3) is 5.68. The Labute approximate surface area is 190 Å². The third-order valence-electron chi connectivity index (χ3n) is 6.70. The van der Waals surface area contributed by atoms with Gasteiger partial charge in [-0.1, -0.05) is 30.3 Å². The number of carbonyl (C=O) groups excluding carboxylic acids is 2. The average molecular weight is 436 g/mol. The molecule has 0 unspecified atom stereocenters. The molecule has 0 radical (unpaired) electrons. The minimum Gasteiger partial charge on any atom is -0.497 e. The quantitative estimate of drug-likeness (QED) is 0.722. The summed E-state index contributed by atoms with van der Waals surface area (Å²) in [6.45, 7) is 2.74. The fourth-order valence-corrected chi connectivity index (χ4v) is 4.82. The lowest BCUT2D eigenvalue weighted by Gasteiger charge is -2.34. The number of nitrogens with one attached hydrogen (secondary N) is 1. The number of amides is 2. The standard InChI is InChI=1S/C26H33N3O3/c1-32-23-11-9-22(10-12-23)27-26(31)24-8-5-15-29(24)19-25(30)28-16-13-21(14-17-28)18-20-6-3-2-4-7-20/h2-4,6-7,9-12,21,24H,5,8,13-19H2,1H3,(H,27,31)/t24-/m0/s1. The Morgan fingerprint density at radius 2 is 1.69 bits per heavy atom. The van der Waals surface area contributed by atoms with Crippen LogP contribution in [-0.4, -0.2) is 60.9 Å². The summed E-state index contributed by atoms with van der Waals surface area (Å²) in [7, 11) is 1.62. The molecule has 1 N–H and O–H groups in total. The van der Waals surface area contributed by atoms with Gasteiger partial charge in [0.1, 0.15) is 5.75 Å². The van der Waals surface area contributed by atoms with Crippen molar-refractivity contribution < 1.29 is 14.3 Å². The maximum absolute atomic E-state index is 13.0. The van der Waals surface area contributed by atoms with Gasteiger partial charge in [0.15, 0.2) is 0 Å². The lowest BCUT2D eigenvalue weighted by atomic mass is 9.90. The van der Waals surface area contributed by atoms with Gasteiger partial charge in [-0.15, -0.1) is 0 Å². The van der Waals surface area contributed by atoms with Crippen molar-refractivity contribution in [2.75, 3.05) is 38.6 Å². The number of piperidine rings is 1. The molecule has 0 spiro atoms. The Hall–Kier alpha value is -2.86. The SMILES string of the molecule is COc1ccc(NC(=O)[C@@H]2CCCN2CC(=O)N2CCC(Cc3ccccc3)CC2)cc1. The van der Waals surface area contributed by atoms with Crippen molar-refractivity contribution in [2.24, 2.45) is 5.92 Å². The molecule has 0 saturated carbocycles. The number of hydrogen-bond donors (Lipinski definition) is 1. The summed E-state index contributed by atoms with van der Waals surface area (Å²) in [5, 5.41) is 2.99. The number of ether oxygens (including phenoxy) is 1. The second-order valence-electron chi connectivity index (χ2n) is 8.86. The number of rotatable bonds is 7. The van der Waals surface area contributed by atoms with Crippen molar-refractivity contribution in [3.63, 3.8) is 0 Å². The van der Waals surface area contributed by atoms with Gasteiger partial charge in [0.2, 0.25) is 11.8 Å². The summed E-state index contributed by atoms with van der Waals surface area (Å²) in [4.78, 5) is 29.8. The van der Waals surface area contributed by atoms with Crippen LogP contribution in [0.2, 0.25) is 0 Å². The van der Waals surface area contributed by atoms with E-state index in [1.807, 2.05) is 40.1 Å². The number of carbonyl (C=O) groups is 2. The monoisotopic (exact) mass is 435 g/mol. The maximum Gasteiger partial charge on any atom is 0.241 e. The first kappa shape index (κ1) is 22.3. The van der Waals surface area contributed by atoms with Crippen LogP contribution in [0.5, 0.6) is 5.75 Å². The normalized spacial score (nSPS) is 19.7. The minimum absolute atomic E-state index is 0.0398. The molecule has 4 rings (SSSR count). The van der Waals surface area contributed by atoms with E-state index in [4.69, 9.17) is 4.74 Å².